The Kier molecular flexibility index (Phi) is 10.4. The predicted molar refractivity (Wildman–Crippen MR) is 146 cm³/mol. The van der Waals surface area contributed by atoms with Crippen LogP contribution in [0.5, 0.6) is 11.5 Å². The maximum absolute atomic E-state index is 13.8. The Hall–Kier alpha value is -3.27. The number of sulfonamides is 1. The molecule has 2 aromatic carbocycles. The van der Waals surface area contributed by atoms with Gasteiger partial charge in [-0.25, -0.2) is 8.42 Å². The molecule has 2 amide bonds. The SMILES string of the molecule is CCC(C(=O)NC(C)(C)C)N(CCc1ccccc1)C(=O)CN(c1cc(OC)ccc1OC)S(C)(=O)=O. The molecule has 9 nitrogen and oxygen atoms in total. The summed E-state index contributed by atoms with van der Waals surface area (Å²) < 4.78 is 37.4. The van der Waals surface area contributed by atoms with E-state index >= 15 is 0 Å². The monoisotopic (exact) mass is 533 g/mol. The molecule has 0 aliphatic rings. The molecule has 0 spiro atoms. The van der Waals surface area contributed by atoms with E-state index < -0.39 is 34.1 Å². The highest BCUT2D eigenvalue weighted by Crippen LogP contribution is 2.34. The molecular weight excluding hydrogens is 494 g/mol. The first-order valence-electron chi connectivity index (χ1n) is 12.2. The van der Waals surface area contributed by atoms with Gasteiger partial charge in [0.1, 0.15) is 24.1 Å². The van der Waals surface area contributed by atoms with Gasteiger partial charge in [0.25, 0.3) is 0 Å². The fourth-order valence-corrected chi connectivity index (χ4v) is 4.78. The molecule has 0 saturated heterocycles. The zero-order valence-corrected chi connectivity index (χ0v) is 23.6. The first-order valence-corrected chi connectivity index (χ1v) is 14.0. The number of methoxy groups -OCH3 is 2. The Balaban J connectivity index is 2.47. The van der Waals surface area contributed by atoms with Gasteiger partial charge in [-0.15, -0.1) is 0 Å². The van der Waals surface area contributed by atoms with Crippen molar-refractivity contribution in [1.82, 2.24) is 10.2 Å². The van der Waals surface area contributed by atoms with Gasteiger partial charge in [-0.05, 0) is 51.3 Å². The number of hydrogen-bond acceptors (Lipinski definition) is 6. The first kappa shape index (κ1) is 30.0. The number of hydrogen-bond donors (Lipinski definition) is 1. The molecule has 1 unspecified atom stereocenters. The molecule has 0 fully saturated rings. The van der Waals surface area contributed by atoms with E-state index in [1.54, 1.807) is 12.1 Å². The van der Waals surface area contributed by atoms with Crippen molar-refractivity contribution >= 4 is 27.5 Å². The minimum atomic E-state index is -3.90. The quantitative estimate of drug-likeness (QED) is 0.449. The van der Waals surface area contributed by atoms with E-state index in [9.17, 15) is 18.0 Å². The number of ether oxygens (including phenoxy) is 2. The maximum atomic E-state index is 13.8. The molecule has 1 N–H and O–H groups in total. The van der Waals surface area contributed by atoms with Crippen LogP contribution in [-0.4, -0.2) is 70.3 Å². The molecule has 0 aliphatic heterocycles. The Labute approximate surface area is 220 Å². The van der Waals surface area contributed by atoms with Gasteiger partial charge in [0.15, 0.2) is 0 Å². The van der Waals surface area contributed by atoms with E-state index in [0.717, 1.165) is 16.1 Å². The van der Waals surface area contributed by atoms with Gasteiger partial charge in [0.05, 0.1) is 26.2 Å². The van der Waals surface area contributed by atoms with Crippen molar-refractivity contribution in [3.05, 3.63) is 54.1 Å². The second-order valence-electron chi connectivity index (χ2n) is 9.79. The van der Waals surface area contributed by atoms with Crippen LogP contribution in [0.1, 0.15) is 39.7 Å². The third-order valence-electron chi connectivity index (χ3n) is 5.70. The summed E-state index contributed by atoms with van der Waals surface area (Å²) in [5, 5.41) is 2.95. The van der Waals surface area contributed by atoms with Crippen molar-refractivity contribution in [2.45, 2.75) is 52.1 Å². The van der Waals surface area contributed by atoms with Gasteiger partial charge in [0.2, 0.25) is 21.8 Å². The highest BCUT2D eigenvalue weighted by atomic mass is 32.2. The Morgan fingerprint density at radius 2 is 1.68 bits per heavy atom. The van der Waals surface area contributed by atoms with Gasteiger partial charge < -0.3 is 19.7 Å². The molecule has 0 aromatic heterocycles. The predicted octanol–water partition coefficient (Wildman–Crippen LogP) is 3.23. The van der Waals surface area contributed by atoms with Crippen LogP contribution in [0.3, 0.4) is 0 Å². The van der Waals surface area contributed by atoms with E-state index in [1.807, 2.05) is 58.0 Å². The summed E-state index contributed by atoms with van der Waals surface area (Å²) in [5.41, 5.74) is 0.680. The number of carbonyl (C=O) groups is 2. The van der Waals surface area contributed by atoms with Crippen LogP contribution in [0.25, 0.3) is 0 Å². The summed E-state index contributed by atoms with van der Waals surface area (Å²) in [6.45, 7) is 7.17. The number of anilines is 1. The topological polar surface area (TPSA) is 105 Å². The second-order valence-corrected chi connectivity index (χ2v) is 11.7. The van der Waals surface area contributed by atoms with Crippen LogP contribution in [0.2, 0.25) is 0 Å². The normalized spacial score (nSPS) is 12.4. The van der Waals surface area contributed by atoms with Crippen molar-refractivity contribution in [2.24, 2.45) is 0 Å². The van der Waals surface area contributed by atoms with Gasteiger partial charge in [-0.2, -0.15) is 0 Å². The number of benzene rings is 2. The highest BCUT2D eigenvalue weighted by Gasteiger charge is 2.33. The molecule has 0 bridgehead atoms. The highest BCUT2D eigenvalue weighted by molar-refractivity contribution is 7.92. The van der Waals surface area contributed by atoms with Crippen molar-refractivity contribution < 1.29 is 27.5 Å². The van der Waals surface area contributed by atoms with Crippen LogP contribution in [0.15, 0.2) is 48.5 Å². The van der Waals surface area contributed by atoms with E-state index in [0.29, 0.717) is 18.6 Å². The standard InChI is InChI=1S/C27H39N3O6S/c1-8-22(26(32)28-27(2,3)4)29(17-16-20-12-10-9-11-13-20)25(31)19-30(37(7,33)34)23-18-21(35-5)14-15-24(23)36-6/h9-15,18,22H,8,16-17,19H2,1-7H3,(H,28,32). The summed E-state index contributed by atoms with van der Waals surface area (Å²) in [6.07, 6.45) is 1.90. The Bertz CT molecular complexity index is 1160. The van der Waals surface area contributed by atoms with Crippen molar-refractivity contribution in [2.75, 3.05) is 37.9 Å². The van der Waals surface area contributed by atoms with Crippen LogP contribution in [0.4, 0.5) is 5.69 Å². The van der Waals surface area contributed by atoms with Crippen LogP contribution >= 0.6 is 0 Å². The molecule has 0 heterocycles. The summed E-state index contributed by atoms with van der Waals surface area (Å²) in [4.78, 5) is 28.5. The zero-order valence-electron chi connectivity index (χ0n) is 22.8. The average Bonchev–Trinajstić information content (AvgIpc) is 2.83. The minimum Gasteiger partial charge on any atom is -0.497 e. The van der Waals surface area contributed by atoms with Gasteiger partial charge in [0, 0.05) is 18.2 Å². The summed E-state index contributed by atoms with van der Waals surface area (Å²) in [6, 6.07) is 13.6. The number of amides is 2. The Morgan fingerprint density at radius 3 is 2.19 bits per heavy atom. The zero-order chi connectivity index (χ0) is 27.8. The van der Waals surface area contributed by atoms with Gasteiger partial charge >= 0.3 is 0 Å². The maximum Gasteiger partial charge on any atom is 0.244 e. The molecule has 2 aromatic rings. The Morgan fingerprint density at radius 1 is 1.03 bits per heavy atom. The molecule has 10 heteroatoms. The van der Waals surface area contributed by atoms with Crippen molar-refractivity contribution in [3.8, 4) is 11.5 Å². The molecule has 0 radical (unpaired) electrons. The lowest BCUT2D eigenvalue weighted by Gasteiger charge is -2.34. The van der Waals surface area contributed by atoms with E-state index in [2.05, 4.69) is 5.32 Å². The molecular formula is C27H39N3O6S. The minimum absolute atomic E-state index is 0.174. The third-order valence-corrected chi connectivity index (χ3v) is 6.83. The lowest BCUT2D eigenvalue weighted by molar-refractivity contribution is -0.140. The lowest BCUT2D eigenvalue weighted by atomic mass is 10.1. The molecule has 0 saturated carbocycles. The number of carbonyl (C=O) groups excluding carboxylic acids is 2. The molecule has 204 valence electrons. The van der Waals surface area contributed by atoms with E-state index in [-0.39, 0.29) is 23.9 Å². The van der Waals surface area contributed by atoms with E-state index in [4.69, 9.17) is 9.47 Å². The molecule has 2 rings (SSSR count). The largest absolute Gasteiger partial charge is 0.497 e. The average molecular weight is 534 g/mol. The smallest absolute Gasteiger partial charge is 0.244 e. The fraction of sp³-hybridized carbons (Fsp3) is 0.481. The molecule has 0 aliphatic carbocycles. The van der Waals surface area contributed by atoms with E-state index in [1.165, 1.54) is 25.2 Å². The summed E-state index contributed by atoms with van der Waals surface area (Å²) in [5.74, 6) is -0.107. The molecule has 37 heavy (non-hydrogen) atoms. The number of rotatable bonds is 12. The fourth-order valence-electron chi connectivity index (χ4n) is 3.94. The van der Waals surface area contributed by atoms with Gasteiger partial charge in [-0.3, -0.25) is 13.9 Å². The summed E-state index contributed by atoms with van der Waals surface area (Å²) in [7, 11) is -1.02. The van der Waals surface area contributed by atoms with Crippen molar-refractivity contribution in [1.29, 1.82) is 0 Å². The van der Waals surface area contributed by atoms with Gasteiger partial charge in [-0.1, -0.05) is 37.3 Å². The summed E-state index contributed by atoms with van der Waals surface area (Å²) >= 11 is 0. The number of nitrogens with zero attached hydrogens (tertiary/aromatic N) is 2. The van der Waals surface area contributed by atoms with Crippen LogP contribution in [-0.2, 0) is 26.0 Å². The van der Waals surface area contributed by atoms with Crippen LogP contribution < -0.4 is 19.1 Å². The lowest BCUT2D eigenvalue weighted by Crippen LogP contribution is -2.56. The van der Waals surface area contributed by atoms with Crippen molar-refractivity contribution in [3.63, 3.8) is 0 Å². The first-order chi connectivity index (χ1) is 17.3. The number of nitrogens with one attached hydrogen (secondary N) is 1. The second kappa shape index (κ2) is 12.8. The van der Waals surface area contributed by atoms with Crippen LogP contribution in [0, 0.1) is 0 Å². The third kappa shape index (κ3) is 8.66. The molecule has 1 atom stereocenters.